The Morgan fingerprint density at radius 3 is 1.93 bits per heavy atom. The first-order chi connectivity index (χ1) is 13.4. The molecule has 0 aliphatic heterocycles. The van der Waals surface area contributed by atoms with E-state index < -0.39 is 33.7 Å². The van der Waals surface area contributed by atoms with Gasteiger partial charge >= 0.3 is 5.97 Å². The van der Waals surface area contributed by atoms with Crippen LogP contribution in [0.25, 0.3) is 11.1 Å². The summed E-state index contributed by atoms with van der Waals surface area (Å²) in [5.74, 6) is -0.719. The van der Waals surface area contributed by atoms with E-state index in [1.807, 2.05) is 32.9 Å². The SMILES string of the molecule is COC(=O)C(NS(=O)(=O)c1ccc(-c2ccc(N)cc2)cc1)C(C)OC(C)(C)C. The predicted molar refractivity (Wildman–Crippen MR) is 113 cm³/mol. The van der Waals surface area contributed by atoms with E-state index in [1.165, 1.54) is 19.2 Å². The van der Waals surface area contributed by atoms with Gasteiger partial charge < -0.3 is 15.2 Å². The van der Waals surface area contributed by atoms with Gasteiger partial charge in [-0.3, -0.25) is 4.79 Å². The molecule has 0 aromatic heterocycles. The molecular formula is C21H28N2O5S. The van der Waals surface area contributed by atoms with Crippen LogP contribution in [0.4, 0.5) is 5.69 Å². The van der Waals surface area contributed by atoms with Crippen molar-refractivity contribution in [3.8, 4) is 11.1 Å². The van der Waals surface area contributed by atoms with Gasteiger partial charge in [-0.1, -0.05) is 24.3 Å². The van der Waals surface area contributed by atoms with Gasteiger partial charge in [0.25, 0.3) is 0 Å². The number of sulfonamides is 1. The van der Waals surface area contributed by atoms with E-state index in [1.54, 1.807) is 31.2 Å². The molecule has 29 heavy (non-hydrogen) atoms. The third-order valence-corrected chi connectivity index (χ3v) is 5.61. The molecule has 0 saturated heterocycles. The number of benzene rings is 2. The highest BCUT2D eigenvalue weighted by Gasteiger charge is 2.34. The largest absolute Gasteiger partial charge is 0.468 e. The molecule has 8 heteroatoms. The fraction of sp³-hybridized carbons (Fsp3) is 0.381. The Bertz CT molecular complexity index is 933. The molecule has 3 N–H and O–H groups in total. The van der Waals surface area contributed by atoms with Crippen LogP contribution in [0.15, 0.2) is 53.4 Å². The molecule has 0 fully saturated rings. The summed E-state index contributed by atoms with van der Waals surface area (Å²) in [6, 6.07) is 12.4. The number of methoxy groups -OCH3 is 1. The minimum Gasteiger partial charge on any atom is -0.468 e. The van der Waals surface area contributed by atoms with Crippen LogP contribution in [0.1, 0.15) is 27.7 Å². The van der Waals surface area contributed by atoms with Crippen LogP contribution in [0.5, 0.6) is 0 Å². The normalized spacial score (nSPS) is 14.2. The lowest BCUT2D eigenvalue weighted by molar-refractivity contribution is -0.149. The Hall–Kier alpha value is -2.42. The van der Waals surface area contributed by atoms with E-state index in [2.05, 4.69) is 4.72 Å². The van der Waals surface area contributed by atoms with Crippen LogP contribution < -0.4 is 10.5 Å². The monoisotopic (exact) mass is 420 g/mol. The number of esters is 1. The fourth-order valence-corrected chi connectivity index (χ4v) is 4.08. The number of hydrogen-bond donors (Lipinski definition) is 2. The maximum atomic E-state index is 12.8. The molecule has 0 amide bonds. The van der Waals surface area contributed by atoms with Gasteiger partial charge in [0.1, 0.15) is 6.04 Å². The van der Waals surface area contributed by atoms with Crippen molar-refractivity contribution < 1.29 is 22.7 Å². The minimum atomic E-state index is -3.97. The van der Waals surface area contributed by atoms with Gasteiger partial charge in [-0.2, -0.15) is 4.72 Å². The smallest absolute Gasteiger partial charge is 0.326 e. The molecule has 0 aliphatic carbocycles. The number of nitrogen functional groups attached to an aromatic ring is 1. The fourth-order valence-electron chi connectivity index (χ4n) is 2.83. The number of anilines is 1. The van der Waals surface area contributed by atoms with Crippen LogP contribution in [-0.4, -0.2) is 39.2 Å². The number of hydrogen-bond acceptors (Lipinski definition) is 6. The van der Waals surface area contributed by atoms with Crippen LogP contribution in [0.3, 0.4) is 0 Å². The van der Waals surface area contributed by atoms with E-state index in [-0.39, 0.29) is 4.90 Å². The molecule has 0 heterocycles. The summed E-state index contributed by atoms with van der Waals surface area (Å²) in [4.78, 5) is 12.2. The highest BCUT2D eigenvalue weighted by atomic mass is 32.2. The molecule has 2 rings (SSSR count). The third-order valence-electron chi connectivity index (χ3n) is 4.15. The summed E-state index contributed by atoms with van der Waals surface area (Å²) >= 11 is 0. The first kappa shape index (κ1) is 22.9. The number of nitrogens with two attached hydrogens (primary N) is 1. The van der Waals surface area contributed by atoms with Gasteiger partial charge in [-0.15, -0.1) is 0 Å². The van der Waals surface area contributed by atoms with Gasteiger partial charge in [-0.05, 0) is 63.1 Å². The maximum Gasteiger partial charge on any atom is 0.326 e. The van der Waals surface area contributed by atoms with Gasteiger partial charge in [0, 0.05) is 5.69 Å². The molecule has 0 bridgehead atoms. The van der Waals surface area contributed by atoms with Crippen molar-refractivity contribution in [2.75, 3.05) is 12.8 Å². The zero-order valence-electron chi connectivity index (χ0n) is 17.3. The van der Waals surface area contributed by atoms with Crippen molar-refractivity contribution in [2.24, 2.45) is 0 Å². The minimum absolute atomic E-state index is 0.0357. The maximum absolute atomic E-state index is 12.8. The van der Waals surface area contributed by atoms with Gasteiger partial charge in [0.15, 0.2) is 0 Å². The Morgan fingerprint density at radius 1 is 1.00 bits per heavy atom. The molecule has 7 nitrogen and oxygen atoms in total. The highest BCUT2D eigenvalue weighted by Crippen LogP contribution is 2.23. The van der Waals surface area contributed by atoms with E-state index in [0.717, 1.165) is 11.1 Å². The number of carbonyl (C=O) groups excluding carboxylic acids is 1. The summed E-state index contributed by atoms with van der Waals surface area (Å²) in [6.07, 6.45) is -0.730. The second-order valence-electron chi connectivity index (χ2n) is 7.70. The lowest BCUT2D eigenvalue weighted by Gasteiger charge is -2.29. The van der Waals surface area contributed by atoms with E-state index in [9.17, 15) is 13.2 Å². The summed E-state index contributed by atoms with van der Waals surface area (Å²) in [5, 5.41) is 0. The molecule has 2 atom stereocenters. The van der Waals surface area contributed by atoms with Crippen molar-refractivity contribution in [1.82, 2.24) is 4.72 Å². The molecule has 158 valence electrons. The van der Waals surface area contributed by atoms with Crippen LogP contribution in [0.2, 0.25) is 0 Å². The molecule has 2 unspecified atom stereocenters. The Morgan fingerprint density at radius 2 is 1.48 bits per heavy atom. The molecule has 0 radical (unpaired) electrons. The van der Waals surface area contributed by atoms with Crippen LogP contribution in [0, 0.1) is 0 Å². The van der Waals surface area contributed by atoms with E-state index in [0.29, 0.717) is 5.69 Å². The first-order valence-electron chi connectivity index (χ1n) is 9.17. The molecule has 0 aliphatic rings. The van der Waals surface area contributed by atoms with Gasteiger partial charge in [0.05, 0.1) is 23.7 Å². The number of nitrogens with one attached hydrogen (secondary N) is 1. The third kappa shape index (κ3) is 6.28. The van der Waals surface area contributed by atoms with Crippen LogP contribution in [-0.2, 0) is 24.3 Å². The topological polar surface area (TPSA) is 108 Å². The van der Waals surface area contributed by atoms with Crippen molar-refractivity contribution in [3.05, 3.63) is 48.5 Å². The van der Waals surface area contributed by atoms with Crippen molar-refractivity contribution >= 4 is 21.7 Å². The zero-order chi connectivity index (χ0) is 21.8. The Labute approximate surface area is 172 Å². The van der Waals surface area contributed by atoms with Crippen molar-refractivity contribution in [2.45, 2.75) is 50.3 Å². The van der Waals surface area contributed by atoms with Gasteiger partial charge in [0.2, 0.25) is 10.0 Å². The number of ether oxygens (including phenoxy) is 2. The molecule has 0 saturated carbocycles. The second-order valence-corrected chi connectivity index (χ2v) is 9.42. The average Bonchev–Trinajstić information content (AvgIpc) is 2.65. The molecule has 0 spiro atoms. The lowest BCUT2D eigenvalue weighted by Crippen LogP contribution is -2.50. The summed E-state index contributed by atoms with van der Waals surface area (Å²) in [6.45, 7) is 7.09. The quantitative estimate of drug-likeness (QED) is 0.527. The van der Waals surface area contributed by atoms with Crippen molar-refractivity contribution in [3.63, 3.8) is 0 Å². The average molecular weight is 421 g/mol. The second kappa shape index (κ2) is 8.94. The van der Waals surface area contributed by atoms with Crippen LogP contribution >= 0.6 is 0 Å². The van der Waals surface area contributed by atoms with E-state index in [4.69, 9.17) is 15.2 Å². The van der Waals surface area contributed by atoms with Crippen molar-refractivity contribution in [1.29, 1.82) is 0 Å². The first-order valence-corrected chi connectivity index (χ1v) is 10.7. The highest BCUT2D eigenvalue weighted by molar-refractivity contribution is 7.89. The predicted octanol–water partition coefficient (Wildman–Crippen LogP) is 2.96. The summed E-state index contributed by atoms with van der Waals surface area (Å²) in [7, 11) is -2.77. The molecular weight excluding hydrogens is 392 g/mol. The lowest BCUT2D eigenvalue weighted by atomic mass is 10.1. The van der Waals surface area contributed by atoms with E-state index >= 15 is 0 Å². The Kier molecular flexibility index (Phi) is 7.05. The number of rotatable bonds is 7. The molecule has 2 aromatic rings. The number of carbonyl (C=O) groups is 1. The summed E-state index contributed by atoms with van der Waals surface area (Å²) in [5.41, 5.74) is 7.55. The van der Waals surface area contributed by atoms with Gasteiger partial charge in [-0.25, -0.2) is 8.42 Å². The zero-order valence-corrected chi connectivity index (χ0v) is 18.1. The standard InChI is InChI=1S/C21H28N2O5S/c1-14(28-21(2,3)4)19(20(24)27-5)23-29(25,26)18-12-8-16(9-13-18)15-6-10-17(22)11-7-15/h6-14,19,23H,22H2,1-5H3. The molecule has 2 aromatic carbocycles. The Balaban J connectivity index is 2.25. The summed E-state index contributed by atoms with van der Waals surface area (Å²) < 4.78 is 38.6.